The van der Waals surface area contributed by atoms with Crippen LogP contribution in [0, 0.1) is 0 Å². The summed E-state index contributed by atoms with van der Waals surface area (Å²) in [6.45, 7) is 0. The van der Waals surface area contributed by atoms with E-state index in [2.05, 4.69) is 364 Å². The lowest BCUT2D eigenvalue weighted by Gasteiger charge is -2.09. The minimum Gasteiger partial charge on any atom is -0.0616 e. The third-order valence-electron chi connectivity index (χ3n) is 17.4. The summed E-state index contributed by atoms with van der Waals surface area (Å²) >= 11 is 0. The Bertz CT molecular complexity index is 5060. The molecule has 0 aliphatic heterocycles. The molecule has 1 aliphatic rings. The molecule has 0 atom stereocenters. The van der Waals surface area contributed by atoms with Gasteiger partial charge < -0.3 is 0 Å². The molecule has 0 bridgehead atoms. The Morgan fingerprint density at radius 2 is 0.295 bits per heavy atom. The van der Waals surface area contributed by atoms with E-state index in [0.717, 1.165) is 0 Å². The van der Waals surface area contributed by atoms with Gasteiger partial charge >= 0.3 is 0 Å². The van der Waals surface area contributed by atoms with Gasteiger partial charge in [-0.15, -0.1) is 0 Å². The van der Waals surface area contributed by atoms with E-state index in [1.165, 1.54) is 152 Å². The third-order valence-corrected chi connectivity index (χ3v) is 17.4. The lowest BCUT2D eigenvalue weighted by atomic mass is 9.95. The highest BCUT2D eigenvalue weighted by Crippen LogP contribution is 2.47. The van der Waals surface area contributed by atoms with E-state index in [9.17, 15) is 0 Å². The summed E-state index contributed by atoms with van der Waals surface area (Å²) in [5.74, 6) is 0. The average Bonchev–Trinajstić information content (AvgIpc) is 2.07. The van der Waals surface area contributed by atoms with Gasteiger partial charge in [-0.1, -0.05) is 352 Å². The molecule has 0 heteroatoms. The van der Waals surface area contributed by atoms with Crippen molar-refractivity contribution >= 4 is 129 Å². The fourth-order valence-corrected chi connectivity index (χ4v) is 13.2. The SMILES string of the molecule is c1cc2ccc3cccc4ccc(c1)c2c34.c1ccc2c(c1)-c1cccc3cccc-2c13.c1ccc2c(c1)c1ccccc1c1ccccc21.c1ccc2c(c1)ccc1ccccc12.c1ccc2cc3ccccc3cc2c1.c1ccc2ccccc2c1. The second-order valence-electron chi connectivity index (χ2n) is 22.6. The quantitative estimate of drug-likeness (QED) is 0.105. The van der Waals surface area contributed by atoms with Crippen molar-refractivity contribution in [3.63, 3.8) is 0 Å². The van der Waals surface area contributed by atoms with Crippen LogP contribution < -0.4 is 0 Å². The van der Waals surface area contributed by atoms with Crippen molar-refractivity contribution in [1.82, 2.24) is 0 Å². The summed E-state index contributed by atoms with van der Waals surface area (Å²) in [6.07, 6.45) is 0. The Morgan fingerprint density at radius 1 is 0.102 bits per heavy atom. The Labute approximate surface area is 512 Å². The van der Waals surface area contributed by atoms with Crippen LogP contribution in [0.1, 0.15) is 0 Å². The first-order valence-electron chi connectivity index (χ1n) is 30.4. The summed E-state index contributed by atoms with van der Waals surface area (Å²) < 4.78 is 0. The molecule has 20 rings (SSSR count). The first kappa shape index (κ1) is 53.3. The lowest BCUT2D eigenvalue weighted by molar-refractivity contribution is 1.70. The predicted octanol–water partition coefficient (Wildman–Crippen LogP) is 25.0. The van der Waals surface area contributed by atoms with Gasteiger partial charge in [0.25, 0.3) is 0 Å². The monoisotopic (exact) mass is 1120 g/mol. The van der Waals surface area contributed by atoms with Gasteiger partial charge in [-0.3, -0.25) is 0 Å². The largest absolute Gasteiger partial charge is 0.0616 e. The molecule has 0 saturated heterocycles. The fourth-order valence-electron chi connectivity index (χ4n) is 13.2. The molecule has 19 aromatic rings. The van der Waals surface area contributed by atoms with Crippen molar-refractivity contribution in [3.8, 4) is 22.3 Å². The molecule has 0 saturated carbocycles. The van der Waals surface area contributed by atoms with E-state index in [4.69, 9.17) is 0 Å². The number of hydrogen-bond acceptors (Lipinski definition) is 0. The second-order valence-corrected chi connectivity index (χ2v) is 22.6. The van der Waals surface area contributed by atoms with Gasteiger partial charge in [0.1, 0.15) is 0 Å². The van der Waals surface area contributed by atoms with Crippen LogP contribution in [0.2, 0.25) is 0 Å². The van der Waals surface area contributed by atoms with Gasteiger partial charge in [-0.05, 0) is 164 Å². The highest BCUT2D eigenvalue weighted by Gasteiger charge is 2.19. The van der Waals surface area contributed by atoms with Crippen molar-refractivity contribution in [3.05, 3.63) is 364 Å². The van der Waals surface area contributed by atoms with Crippen LogP contribution >= 0.6 is 0 Å². The second kappa shape index (κ2) is 23.9. The highest BCUT2D eigenvalue weighted by molar-refractivity contribution is 6.26. The maximum atomic E-state index is 2.24. The molecule has 0 radical (unpaired) electrons. The van der Waals surface area contributed by atoms with Crippen LogP contribution in [-0.2, 0) is 0 Å². The molecule has 412 valence electrons. The van der Waals surface area contributed by atoms with Gasteiger partial charge in [-0.25, -0.2) is 0 Å². The van der Waals surface area contributed by atoms with Gasteiger partial charge in [0.15, 0.2) is 0 Å². The van der Waals surface area contributed by atoms with E-state index in [-0.39, 0.29) is 0 Å². The molecule has 0 fully saturated rings. The first-order chi connectivity index (χ1) is 43.7. The smallest absolute Gasteiger partial charge is 0.00264 e. The van der Waals surface area contributed by atoms with Gasteiger partial charge in [-0.2, -0.15) is 0 Å². The van der Waals surface area contributed by atoms with Crippen LogP contribution in [0.15, 0.2) is 364 Å². The molecule has 0 aromatic heterocycles. The van der Waals surface area contributed by atoms with Crippen LogP contribution in [0.5, 0.6) is 0 Å². The number of benzene rings is 19. The van der Waals surface area contributed by atoms with Crippen molar-refractivity contribution in [1.29, 1.82) is 0 Å². The van der Waals surface area contributed by atoms with Crippen LogP contribution in [0.4, 0.5) is 0 Å². The molecular formula is C88H60. The molecule has 0 amide bonds. The van der Waals surface area contributed by atoms with Crippen LogP contribution in [0.25, 0.3) is 152 Å². The molecule has 0 nitrogen and oxygen atoms in total. The standard InChI is InChI=1S/C18H12.2C16H10.2C14H10.C10H8/c1-2-8-14-13(7-1)15-9-3-4-11-17(15)18-12-6-5-10-16(14)18;1-3-11-7-9-13-5-2-6-14-10-8-12(4-1)15(11)16(13)14;1-2-8-13-12(7-1)14-9-3-5-11-6-4-10-15(13)16(11)14;1-3-7-13-11(5-1)9-10-12-6-2-4-8-14(12)13;1-2-6-12-10-14-8-4-3-7-13(14)9-11(12)5-1;1-2-6-10-8-4-3-7-9(10)5-1/h1-12H;2*1-10H;2*1-10H;1-8H. The number of rotatable bonds is 0. The van der Waals surface area contributed by atoms with Crippen LogP contribution in [-0.4, -0.2) is 0 Å². The fraction of sp³-hybridized carbons (Fsp3) is 0. The maximum Gasteiger partial charge on any atom is -0.00264 e. The summed E-state index contributed by atoms with van der Waals surface area (Å²) in [6, 6.07) is 129. The first-order valence-corrected chi connectivity index (χ1v) is 30.4. The molecule has 1 aliphatic carbocycles. The third kappa shape index (κ3) is 10.3. The van der Waals surface area contributed by atoms with Crippen molar-refractivity contribution in [2.45, 2.75) is 0 Å². The lowest BCUT2D eigenvalue weighted by Crippen LogP contribution is -1.82. The average molecular weight is 1120 g/mol. The van der Waals surface area contributed by atoms with Crippen LogP contribution in [0.3, 0.4) is 0 Å². The molecule has 0 unspecified atom stereocenters. The Balaban J connectivity index is 0.0000000893. The van der Waals surface area contributed by atoms with E-state index in [1.807, 2.05) is 0 Å². The summed E-state index contributed by atoms with van der Waals surface area (Å²) in [5.41, 5.74) is 5.50. The molecule has 0 spiro atoms. The van der Waals surface area contributed by atoms with E-state index in [0.29, 0.717) is 0 Å². The normalized spacial score (nSPS) is 11.2. The molecule has 88 heavy (non-hydrogen) atoms. The maximum absolute atomic E-state index is 2.24. The molecule has 19 aromatic carbocycles. The van der Waals surface area contributed by atoms with Gasteiger partial charge in [0.2, 0.25) is 0 Å². The molecule has 0 N–H and O–H groups in total. The zero-order chi connectivity index (χ0) is 58.6. The number of fused-ring (bicyclic) bond motifs is 15. The predicted molar refractivity (Wildman–Crippen MR) is 384 cm³/mol. The highest BCUT2D eigenvalue weighted by atomic mass is 14.2. The van der Waals surface area contributed by atoms with Crippen molar-refractivity contribution < 1.29 is 0 Å². The summed E-state index contributed by atoms with van der Waals surface area (Å²) in [7, 11) is 0. The minimum atomic E-state index is 1.31. The van der Waals surface area contributed by atoms with E-state index < -0.39 is 0 Å². The van der Waals surface area contributed by atoms with Gasteiger partial charge in [0.05, 0.1) is 0 Å². The summed E-state index contributed by atoms with van der Waals surface area (Å²) in [5, 5.41) is 32.1. The zero-order valence-corrected chi connectivity index (χ0v) is 48.6. The Hall–Kier alpha value is -11.4. The Kier molecular flexibility index (Phi) is 14.5. The molecule has 0 heterocycles. The topological polar surface area (TPSA) is 0 Å². The minimum absolute atomic E-state index is 1.31. The van der Waals surface area contributed by atoms with Crippen molar-refractivity contribution in [2.75, 3.05) is 0 Å². The van der Waals surface area contributed by atoms with Crippen molar-refractivity contribution in [2.24, 2.45) is 0 Å². The zero-order valence-electron chi connectivity index (χ0n) is 48.6. The van der Waals surface area contributed by atoms with Gasteiger partial charge in [0, 0.05) is 0 Å². The molecular weight excluding hydrogens is 1060 g/mol. The van der Waals surface area contributed by atoms with E-state index in [1.54, 1.807) is 0 Å². The van der Waals surface area contributed by atoms with E-state index >= 15 is 0 Å². The Morgan fingerprint density at radius 3 is 0.602 bits per heavy atom. The summed E-state index contributed by atoms with van der Waals surface area (Å²) in [4.78, 5) is 0. The number of hydrogen-bond donors (Lipinski definition) is 0.